The van der Waals surface area contributed by atoms with E-state index in [2.05, 4.69) is 22.3 Å². The van der Waals surface area contributed by atoms with Gasteiger partial charge in [0.15, 0.2) is 6.54 Å². The van der Waals surface area contributed by atoms with Gasteiger partial charge in [-0.05, 0) is 36.8 Å². The summed E-state index contributed by atoms with van der Waals surface area (Å²) in [5.74, 6) is -0.397. The van der Waals surface area contributed by atoms with Crippen molar-refractivity contribution in [3.63, 3.8) is 0 Å². The topological polar surface area (TPSA) is 36.8 Å². The van der Waals surface area contributed by atoms with Crippen LogP contribution >= 0.6 is 0 Å². The zero-order chi connectivity index (χ0) is 16.9. The van der Waals surface area contributed by atoms with Crippen LogP contribution in [0.1, 0.15) is 5.56 Å². The van der Waals surface area contributed by atoms with E-state index in [0.29, 0.717) is 12.2 Å². The van der Waals surface area contributed by atoms with Crippen molar-refractivity contribution in [2.75, 3.05) is 42.9 Å². The van der Waals surface area contributed by atoms with Crippen molar-refractivity contribution in [2.45, 2.75) is 6.92 Å². The summed E-state index contributed by atoms with van der Waals surface area (Å²) in [4.78, 5) is 15.8. The molecule has 2 aromatic carbocycles. The number of rotatable bonds is 4. The van der Waals surface area contributed by atoms with E-state index in [9.17, 15) is 9.18 Å². The van der Waals surface area contributed by atoms with E-state index in [1.54, 1.807) is 6.07 Å². The van der Waals surface area contributed by atoms with Gasteiger partial charge in [0, 0.05) is 11.4 Å². The number of hydrogen-bond acceptors (Lipinski definition) is 2. The van der Waals surface area contributed by atoms with Gasteiger partial charge in [-0.15, -0.1) is 0 Å². The van der Waals surface area contributed by atoms with Crippen LogP contribution in [0.5, 0.6) is 0 Å². The Balaban J connectivity index is 1.51. The smallest absolute Gasteiger partial charge is 0.279 e. The molecule has 0 atom stereocenters. The quantitative estimate of drug-likeness (QED) is 0.892. The maximum absolute atomic E-state index is 13.3. The summed E-state index contributed by atoms with van der Waals surface area (Å²) < 4.78 is 13.3. The lowest BCUT2D eigenvalue weighted by Crippen LogP contribution is -3.15. The number of amides is 1. The van der Waals surface area contributed by atoms with Crippen LogP contribution in [-0.2, 0) is 4.79 Å². The van der Waals surface area contributed by atoms with Gasteiger partial charge in [0.2, 0.25) is 0 Å². The maximum atomic E-state index is 13.3. The first kappa shape index (κ1) is 16.5. The van der Waals surface area contributed by atoms with Gasteiger partial charge in [-0.25, -0.2) is 4.39 Å². The highest BCUT2D eigenvalue weighted by atomic mass is 19.1. The van der Waals surface area contributed by atoms with Crippen molar-refractivity contribution >= 4 is 17.3 Å². The van der Waals surface area contributed by atoms with E-state index < -0.39 is 0 Å². The first-order valence-corrected chi connectivity index (χ1v) is 8.31. The molecule has 0 aliphatic carbocycles. The Labute approximate surface area is 141 Å². The average molecular weight is 328 g/mol. The van der Waals surface area contributed by atoms with Gasteiger partial charge in [0.05, 0.1) is 26.2 Å². The van der Waals surface area contributed by atoms with Crippen molar-refractivity contribution in [1.82, 2.24) is 0 Å². The van der Waals surface area contributed by atoms with E-state index >= 15 is 0 Å². The normalized spacial score (nSPS) is 15.3. The molecule has 0 bridgehead atoms. The predicted molar refractivity (Wildman–Crippen MR) is 94.0 cm³/mol. The van der Waals surface area contributed by atoms with Crippen LogP contribution in [0.15, 0.2) is 48.5 Å². The summed E-state index contributed by atoms with van der Waals surface area (Å²) in [5, 5.41) is 2.83. The number of nitrogens with zero attached hydrogens (tertiary/aromatic N) is 1. The second-order valence-electron chi connectivity index (χ2n) is 6.26. The second-order valence-corrected chi connectivity index (χ2v) is 6.26. The number of hydrogen-bond donors (Lipinski definition) is 2. The van der Waals surface area contributed by atoms with E-state index in [4.69, 9.17) is 0 Å². The minimum atomic E-state index is -0.334. The van der Waals surface area contributed by atoms with E-state index in [0.717, 1.165) is 31.7 Å². The summed E-state index contributed by atoms with van der Waals surface area (Å²) in [7, 11) is 0. The third-order valence-corrected chi connectivity index (χ3v) is 4.48. The van der Waals surface area contributed by atoms with E-state index in [1.165, 1.54) is 22.7 Å². The lowest BCUT2D eigenvalue weighted by molar-refractivity contribution is -0.892. The third kappa shape index (κ3) is 4.11. The van der Waals surface area contributed by atoms with Crippen molar-refractivity contribution in [1.29, 1.82) is 0 Å². The SMILES string of the molecule is Cc1ccc(F)cc1NC(=O)C[NH+]1CCN(c2ccccc2)CC1. The number of carbonyl (C=O) groups is 1. The highest BCUT2D eigenvalue weighted by Crippen LogP contribution is 2.15. The molecule has 24 heavy (non-hydrogen) atoms. The zero-order valence-electron chi connectivity index (χ0n) is 13.9. The van der Waals surface area contributed by atoms with Gasteiger partial charge >= 0.3 is 0 Å². The summed E-state index contributed by atoms with van der Waals surface area (Å²) in [6.07, 6.45) is 0. The fraction of sp³-hybridized carbons (Fsp3) is 0.316. The van der Waals surface area contributed by atoms with Crippen LogP contribution < -0.4 is 15.1 Å². The standard InChI is InChI=1S/C19H22FN3O/c1-15-7-8-16(20)13-18(15)21-19(24)14-22-9-11-23(12-10-22)17-5-3-2-4-6-17/h2-8,13H,9-12,14H2,1H3,(H,21,24)/p+1. The first-order valence-electron chi connectivity index (χ1n) is 8.31. The summed E-state index contributed by atoms with van der Waals surface area (Å²) in [6.45, 7) is 5.99. The average Bonchev–Trinajstić information content (AvgIpc) is 2.59. The summed E-state index contributed by atoms with van der Waals surface area (Å²) in [6, 6.07) is 14.8. The summed E-state index contributed by atoms with van der Waals surface area (Å²) in [5.41, 5.74) is 2.66. The molecule has 126 valence electrons. The van der Waals surface area contributed by atoms with Crippen LogP contribution in [-0.4, -0.2) is 38.6 Å². The van der Waals surface area contributed by atoms with Gasteiger partial charge in [0.25, 0.3) is 5.91 Å². The Kier molecular flexibility index (Phi) is 5.11. The molecular formula is C19H23FN3O+. The Bertz CT molecular complexity index is 697. The molecule has 1 heterocycles. The van der Waals surface area contributed by atoms with E-state index in [-0.39, 0.29) is 11.7 Å². The largest absolute Gasteiger partial charge is 0.360 e. The number of anilines is 2. The number of benzene rings is 2. The molecule has 3 rings (SSSR count). The molecule has 0 unspecified atom stereocenters. The number of quaternary nitrogens is 1. The number of nitrogens with one attached hydrogen (secondary N) is 2. The lowest BCUT2D eigenvalue weighted by Gasteiger charge is -2.33. The molecule has 0 aromatic heterocycles. The number of halogens is 1. The number of aryl methyl sites for hydroxylation is 1. The molecule has 0 saturated carbocycles. The molecule has 2 aromatic rings. The molecule has 5 heteroatoms. The molecule has 1 aliphatic heterocycles. The van der Waals surface area contributed by atoms with Crippen LogP contribution in [0.4, 0.5) is 15.8 Å². The second kappa shape index (κ2) is 7.45. The minimum Gasteiger partial charge on any atom is -0.360 e. The van der Waals surface area contributed by atoms with Crippen LogP contribution in [0.2, 0.25) is 0 Å². The van der Waals surface area contributed by atoms with Crippen LogP contribution in [0, 0.1) is 12.7 Å². The molecular weight excluding hydrogens is 305 g/mol. The van der Waals surface area contributed by atoms with Crippen LogP contribution in [0.3, 0.4) is 0 Å². The van der Waals surface area contributed by atoms with Crippen LogP contribution in [0.25, 0.3) is 0 Å². The highest BCUT2D eigenvalue weighted by Gasteiger charge is 2.22. The zero-order valence-corrected chi connectivity index (χ0v) is 13.9. The molecule has 4 nitrogen and oxygen atoms in total. The van der Waals surface area contributed by atoms with Gasteiger partial charge in [-0.2, -0.15) is 0 Å². The Morgan fingerprint density at radius 2 is 1.88 bits per heavy atom. The van der Waals surface area contributed by atoms with E-state index in [1.807, 2.05) is 25.1 Å². The van der Waals surface area contributed by atoms with Gasteiger partial charge in [-0.1, -0.05) is 24.3 Å². The molecule has 1 aliphatic rings. The maximum Gasteiger partial charge on any atom is 0.279 e. The lowest BCUT2D eigenvalue weighted by atomic mass is 10.2. The number of para-hydroxylation sites is 1. The van der Waals surface area contributed by atoms with Crippen molar-refractivity contribution in [3.8, 4) is 0 Å². The molecule has 1 amide bonds. The predicted octanol–water partition coefficient (Wildman–Crippen LogP) is 1.48. The highest BCUT2D eigenvalue weighted by molar-refractivity contribution is 5.92. The number of carbonyl (C=O) groups excluding carboxylic acids is 1. The first-order chi connectivity index (χ1) is 11.6. The monoisotopic (exact) mass is 328 g/mol. The molecule has 0 radical (unpaired) electrons. The van der Waals surface area contributed by atoms with Gasteiger partial charge in [0.1, 0.15) is 5.82 Å². The fourth-order valence-corrected chi connectivity index (χ4v) is 3.05. The van der Waals surface area contributed by atoms with Crippen molar-refractivity contribution in [3.05, 3.63) is 59.9 Å². The Hall–Kier alpha value is -2.40. The van der Waals surface area contributed by atoms with Gasteiger partial charge < -0.3 is 15.1 Å². The Morgan fingerprint density at radius 3 is 2.58 bits per heavy atom. The van der Waals surface area contributed by atoms with Gasteiger partial charge in [-0.3, -0.25) is 4.79 Å². The minimum absolute atomic E-state index is 0.0631. The third-order valence-electron chi connectivity index (χ3n) is 4.48. The Morgan fingerprint density at radius 1 is 1.17 bits per heavy atom. The summed E-state index contributed by atoms with van der Waals surface area (Å²) >= 11 is 0. The fourth-order valence-electron chi connectivity index (χ4n) is 3.05. The molecule has 0 spiro atoms. The van der Waals surface area contributed by atoms with Crippen molar-refractivity contribution in [2.24, 2.45) is 0 Å². The molecule has 1 fully saturated rings. The van der Waals surface area contributed by atoms with Crippen molar-refractivity contribution < 1.29 is 14.1 Å². The molecule has 1 saturated heterocycles. The molecule has 2 N–H and O–H groups in total. The number of piperazine rings is 1.